The Hall–Kier alpha value is -1.85. The molecule has 1 aromatic heterocycles. The molecular formula is C20H21Cl2N3O2. The molecule has 1 aliphatic carbocycles. The Kier molecular flexibility index (Phi) is 5.24. The summed E-state index contributed by atoms with van der Waals surface area (Å²) >= 11 is 11.7. The summed E-state index contributed by atoms with van der Waals surface area (Å²) in [6, 6.07) is 6.89. The Bertz CT molecular complexity index is 910. The fraction of sp³-hybridized carbons (Fsp3) is 0.450. The minimum Gasteiger partial charge on any atom is -0.338 e. The number of amides is 1. The summed E-state index contributed by atoms with van der Waals surface area (Å²) < 4.78 is 1.18. The van der Waals surface area contributed by atoms with Gasteiger partial charge in [0.2, 0.25) is 0 Å². The van der Waals surface area contributed by atoms with Crippen molar-refractivity contribution in [2.45, 2.75) is 32.1 Å². The molecule has 2 heterocycles. The topological polar surface area (TPSA) is 55.2 Å². The average molecular weight is 406 g/mol. The first-order valence-electron chi connectivity index (χ1n) is 9.37. The van der Waals surface area contributed by atoms with Crippen molar-refractivity contribution in [2.75, 3.05) is 13.1 Å². The number of hydrogen-bond acceptors (Lipinski definition) is 3. The van der Waals surface area contributed by atoms with E-state index in [9.17, 15) is 9.59 Å². The smallest absolute Gasteiger partial charge is 0.291 e. The Labute approximate surface area is 167 Å². The molecule has 1 saturated carbocycles. The Morgan fingerprint density at radius 1 is 1.04 bits per heavy atom. The Morgan fingerprint density at radius 2 is 1.74 bits per heavy atom. The number of carbonyl (C=O) groups is 1. The van der Waals surface area contributed by atoms with Crippen LogP contribution >= 0.6 is 23.2 Å². The summed E-state index contributed by atoms with van der Waals surface area (Å²) in [7, 11) is 0. The van der Waals surface area contributed by atoms with Gasteiger partial charge < -0.3 is 4.90 Å². The van der Waals surface area contributed by atoms with Crippen molar-refractivity contribution in [1.82, 2.24) is 14.7 Å². The fourth-order valence-electron chi connectivity index (χ4n) is 4.31. The zero-order valence-electron chi connectivity index (χ0n) is 14.9. The van der Waals surface area contributed by atoms with Crippen LogP contribution in [0.4, 0.5) is 0 Å². The molecule has 1 saturated heterocycles. The molecule has 142 valence electrons. The zero-order chi connectivity index (χ0) is 19.0. The number of halogens is 2. The van der Waals surface area contributed by atoms with Gasteiger partial charge >= 0.3 is 0 Å². The lowest BCUT2D eigenvalue weighted by atomic mass is 9.75. The lowest BCUT2D eigenvalue weighted by molar-refractivity contribution is 0.0521. The monoisotopic (exact) mass is 405 g/mol. The number of benzene rings is 1. The van der Waals surface area contributed by atoms with E-state index in [4.69, 9.17) is 23.2 Å². The van der Waals surface area contributed by atoms with Gasteiger partial charge in [-0.15, -0.1) is 0 Å². The predicted octanol–water partition coefficient (Wildman–Crippen LogP) is 4.19. The van der Waals surface area contributed by atoms with Gasteiger partial charge in [0.15, 0.2) is 0 Å². The lowest BCUT2D eigenvalue weighted by Gasteiger charge is -2.41. The van der Waals surface area contributed by atoms with Crippen LogP contribution in [-0.2, 0) is 0 Å². The number of likely N-dealkylation sites (tertiary alicyclic amines) is 1. The van der Waals surface area contributed by atoms with Crippen molar-refractivity contribution in [2.24, 2.45) is 11.8 Å². The first kappa shape index (κ1) is 18.5. The van der Waals surface area contributed by atoms with Crippen LogP contribution in [0.2, 0.25) is 10.0 Å². The quantitative estimate of drug-likeness (QED) is 0.752. The largest absolute Gasteiger partial charge is 0.338 e. The van der Waals surface area contributed by atoms with Gasteiger partial charge in [0.1, 0.15) is 5.02 Å². The van der Waals surface area contributed by atoms with E-state index in [2.05, 4.69) is 5.10 Å². The van der Waals surface area contributed by atoms with Crippen LogP contribution in [0, 0.1) is 11.8 Å². The summed E-state index contributed by atoms with van der Waals surface area (Å²) in [6.07, 6.45) is 7.60. The van der Waals surface area contributed by atoms with Crippen LogP contribution in [0.5, 0.6) is 0 Å². The molecule has 27 heavy (non-hydrogen) atoms. The number of carbonyl (C=O) groups excluding carboxylic acids is 1. The van der Waals surface area contributed by atoms with E-state index >= 15 is 0 Å². The van der Waals surface area contributed by atoms with E-state index in [1.807, 2.05) is 4.90 Å². The SMILES string of the molecule is O=C(c1ccc(-n2ncc(Cl)c(Cl)c2=O)cc1)N1CC[C@@H]2CCCC[C@H]2C1. The van der Waals surface area contributed by atoms with Crippen LogP contribution in [0.25, 0.3) is 5.69 Å². The summed E-state index contributed by atoms with van der Waals surface area (Å²) in [5.41, 5.74) is 0.685. The molecular weight excluding hydrogens is 385 g/mol. The number of aromatic nitrogens is 2. The molecule has 5 nitrogen and oxygen atoms in total. The molecule has 0 bridgehead atoms. The first-order chi connectivity index (χ1) is 13.0. The van der Waals surface area contributed by atoms with Crippen LogP contribution in [0.1, 0.15) is 42.5 Å². The summed E-state index contributed by atoms with van der Waals surface area (Å²) in [6.45, 7) is 1.69. The van der Waals surface area contributed by atoms with E-state index in [0.29, 0.717) is 17.2 Å². The van der Waals surface area contributed by atoms with Gasteiger partial charge in [0.05, 0.1) is 16.9 Å². The predicted molar refractivity (Wildman–Crippen MR) is 106 cm³/mol. The number of hydrogen-bond donors (Lipinski definition) is 0. The fourth-order valence-corrected chi connectivity index (χ4v) is 4.56. The molecule has 7 heteroatoms. The number of nitrogens with zero attached hydrogens (tertiary/aromatic N) is 3. The van der Waals surface area contributed by atoms with Crippen LogP contribution in [-0.4, -0.2) is 33.7 Å². The molecule has 0 N–H and O–H groups in total. The Morgan fingerprint density at radius 3 is 2.48 bits per heavy atom. The maximum Gasteiger partial charge on any atom is 0.291 e. The van der Waals surface area contributed by atoms with E-state index in [-0.39, 0.29) is 16.0 Å². The van der Waals surface area contributed by atoms with Gasteiger partial charge in [-0.25, -0.2) is 0 Å². The molecule has 0 unspecified atom stereocenters. The molecule has 2 atom stereocenters. The standard InChI is InChI=1S/C20H21Cl2N3O2/c21-17-11-23-25(20(27)18(17)22)16-7-5-14(6-8-16)19(26)24-10-9-13-3-1-2-4-15(13)12-24/h5-8,11,13,15H,1-4,9-10,12H2/t13-,15-/m0/s1. The number of piperidine rings is 1. The molecule has 2 fully saturated rings. The Balaban J connectivity index is 1.51. The van der Waals surface area contributed by atoms with Crippen molar-refractivity contribution in [3.63, 3.8) is 0 Å². The molecule has 1 amide bonds. The normalized spacial score (nSPS) is 22.4. The second-order valence-corrected chi connectivity index (χ2v) is 8.20. The zero-order valence-corrected chi connectivity index (χ0v) is 16.4. The number of fused-ring (bicyclic) bond motifs is 1. The summed E-state index contributed by atoms with van der Waals surface area (Å²) in [5, 5.41) is 4.06. The molecule has 4 rings (SSSR count). The van der Waals surface area contributed by atoms with Crippen molar-refractivity contribution >= 4 is 29.1 Å². The molecule has 1 aromatic carbocycles. The van der Waals surface area contributed by atoms with E-state index < -0.39 is 5.56 Å². The molecule has 0 spiro atoms. The van der Waals surface area contributed by atoms with Crippen molar-refractivity contribution in [1.29, 1.82) is 0 Å². The van der Waals surface area contributed by atoms with Gasteiger partial charge in [-0.1, -0.05) is 42.5 Å². The molecule has 1 aliphatic heterocycles. The summed E-state index contributed by atoms with van der Waals surface area (Å²) in [4.78, 5) is 27.1. The first-order valence-corrected chi connectivity index (χ1v) is 10.1. The molecule has 2 aromatic rings. The second-order valence-electron chi connectivity index (χ2n) is 7.41. The van der Waals surface area contributed by atoms with Crippen LogP contribution < -0.4 is 5.56 Å². The van der Waals surface area contributed by atoms with Crippen molar-refractivity contribution < 1.29 is 4.79 Å². The minimum atomic E-state index is -0.484. The molecule has 2 aliphatic rings. The van der Waals surface area contributed by atoms with E-state index in [0.717, 1.165) is 25.4 Å². The van der Waals surface area contributed by atoms with Gasteiger partial charge in [0.25, 0.3) is 11.5 Å². The highest BCUT2D eigenvalue weighted by molar-refractivity contribution is 6.41. The summed E-state index contributed by atoms with van der Waals surface area (Å²) in [5.74, 6) is 1.49. The maximum absolute atomic E-state index is 12.9. The average Bonchev–Trinajstić information content (AvgIpc) is 2.71. The third kappa shape index (κ3) is 3.63. The van der Waals surface area contributed by atoms with Crippen molar-refractivity contribution in [3.8, 4) is 5.69 Å². The van der Waals surface area contributed by atoms with Gasteiger partial charge in [-0.3, -0.25) is 9.59 Å². The number of rotatable bonds is 2. The lowest BCUT2D eigenvalue weighted by Crippen LogP contribution is -2.44. The van der Waals surface area contributed by atoms with Crippen molar-refractivity contribution in [3.05, 3.63) is 56.4 Å². The van der Waals surface area contributed by atoms with Gasteiger partial charge in [-0.05, 0) is 48.9 Å². The van der Waals surface area contributed by atoms with Gasteiger partial charge in [0, 0.05) is 18.7 Å². The third-order valence-electron chi connectivity index (χ3n) is 5.81. The second kappa shape index (κ2) is 7.64. The van der Waals surface area contributed by atoms with Crippen LogP contribution in [0.15, 0.2) is 35.3 Å². The molecule has 0 radical (unpaired) electrons. The highest BCUT2D eigenvalue weighted by Crippen LogP contribution is 2.36. The maximum atomic E-state index is 12.9. The van der Waals surface area contributed by atoms with E-state index in [1.54, 1.807) is 24.3 Å². The highest BCUT2D eigenvalue weighted by atomic mass is 35.5. The van der Waals surface area contributed by atoms with Gasteiger partial charge in [-0.2, -0.15) is 9.78 Å². The van der Waals surface area contributed by atoms with E-state index in [1.165, 1.54) is 36.6 Å². The third-order valence-corrected chi connectivity index (χ3v) is 6.56. The minimum absolute atomic E-state index is 0.0556. The van der Waals surface area contributed by atoms with Crippen LogP contribution in [0.3, 0.4) is 0 Å². The highest BCUT2D eigenvalue weighted by Gasteiger charge is 2.33.